The van der Waals surface area contributed by atoms with Crippen LogP contribution in [0.5, 0.6) is 0 Å². The summed E-state index contributed by atoms with van der Waals surface area (Å²) >= 11 is 0. The van der Waals surface area contributed by atoms with E-state index >= 15 is 0 Å². The first-order chi connectivity index (χ1) is 10.4. The fourth-order valence-corrected chi connectivity index (χ4v) is 2.79. The van der Waals surface area contributed by atoms with Gasteiger partial charge in [0, 0.05) is 6.04 Å². The normalized spacial score (nSPS) is 12.5. The highest BCUT2D eigenvalue weighted by atomic mass is 14.9. The lowest BCUT2D eigenvalue weighted by molar-refractivity contribution is 0.436. The van der Waals surface area contributed by atoms with Crippen LogP contribution in [0.1, 0.15) is 63.9 Å². The molecule has 0 radical (unpaired) electrons. The van der Waals surface area contributed by atoms with Gasteiger partial charge in [-0.3, -0.25) is 0 Å². The lowest BCUT2D eigenvalue weighted by Crippen LogP contribution is -2.32. The number of unbranched alkanes of at least 4 members (excludes halogenated alkanes) is 5. The van der Waals surface area contributed by atoms with E-state index in [0.29, 0.717) is 6.04 Å². The van der Waals surface area contributed by atoms with Gasteiger partial charge in [0.15, 0.2) is 0 Å². The summed E-state index contributed by atoms with van der Waals surface area (Å²) in [5.74, 6) is 0. The molecule has 0 aromatic heterocycles. The average molecular weight is 290 g/mol. The van der Waals surface area contributed by atoms with Gasteiger partial charge in [-0.25, -0.2) is 0 Å². The van der Waals surface area contributed by atoms with Crippen LogP contribution >= 0.6 is 0 Å². The number of hydrogen-bond donors (Lipinski definition) is 2. The minimum atomic E-state index is 0.602. The Morgan fingerprint density at radius 2 is 1.67 bits per heavy atom. The molecule has 0 aliphatic carbocycles. The van der Waals surface area contributed by atoms with Gasteiger partial charge in [0.2, 0.25) is 0 Å². The Morgan fingerprint density at radius 3 is 2.38 bits per heavy atom. The van der Waals surface area contributed by atoms with E-state index < -0.39 is 0 Å². The molecule has 0 aliphatic heterocycles. The standard InChI is InChI=1S/C19H34N2/c1-2-3-4-5-6-10-13-19(14-16-20)21-17-15-18-11-8-7-9-12-18/h7-9,11-12,19,21H,2-6,10,13-17,20H2,1H3. The maximum Gasteiger partial charge on any atom is 0.00791 e. The Kier molecular flexibility index (Phi) is 11.1. The molecule has 1 aromatic rings. The van der Waals surface area contributed by atoms with Gasteiger partial charge in [-0.2, -0.15) is 0 Å². The predicted octanol–water partition coefficient (Wildman–Crippen LogP) is 4.29. The Hall–Kier alpha value is -0.860. The zero-order chi connectivity index (χ0) is 15.2. The molecule has 0 saturated carbocycles. The van der Waals surface area contributed by atoms with Gasteiger partial charge in [0.05, 0.1) is 0 Å². The van der Waals surface area contributed by atoms with Gasteiger partial charge in [0.25, 0.3) is 0 Å². The summed E-state index contributed by atoms with van der Waals surface area (Å²) in [6, 6.07) is 11.3. The Bertz CT molecular complexity index is 324. The molecular weight excluding hydrogens is 256 g/mol. The molecule has 0 bridgehead atoms. The third kappa shape index (κ3) is 9.65. The Morgan fingerprint density at radius 1 is 0.952 bits per heavy atom. The van der Waals surface area contributed by atoms with Crippen LogP contribution in [0.3, 0.4) is 0 Å². The van der Waals surface area contributed by atoms with Gasteiger partial charge in [-0.05, 0) is 37.9 Å². The van der Waals surface area contributed by atoms with Crippen LogP contribution < -0.4 is 11.1 Å². The van der Waals surface area contributed by atoms with Gasteiger partial charge >= 0.3 is 0 Å². The summed E-state index contributed by atoms with van der Waals surface area (Å²) in [5, 5.41) is 3.69. The van der Waals surface area contributed by atoms with Crippen LogP contribution in [0, 0.1) is 0 Å². The topological polar surface area (TPSA) is 38.0 Å². The van der Waals surface area contributed by atoms with Gasteiger partial charge in [-0.1, -0.05) is 75.8 Å². The summed E-state index contributed by atoms with van der Waals surface area (Å²) in [4.78, 5) is 0. The SMILES string of the molecule is CCCCCCCCC(CCN)NCCc1ccccc1. The summed E-state index contributed by atoms with van der Waals surface area (Å²) < 4.78 is 0. The molecule has 0 heterocycles. The molecule has 1 aromatic carbocycles. The van der Waals surface area contributed by atoms with Crippen LogP contribution in [0.2, 0.25) is 0 Å². The smallest absolute Gasteiger partial charge is 0.00791 e. The maximum atomic E-state index is 5.74. The third-order valence-electron chi connectivity index (χ3n) is 4.11. The predicted molar refractivity (Wildman–Crippen MR) is 93.6 cm³/mol. The van der Waals surface area contributed by atoms with Crippen molar-refractivity contribution in [1.29, 1.82) is 0 Å². The highest BCUT2D eigenvalue weighted by Crippen LogP contribution is 2.10. The summed E-state index contributed by atoms with van der Waals surface area (Å²) in [5.41, 5.74) is 7.16. The molecule has 1 atom stereocenters. The van der Waals surface area contributed by atoms with Crippen molar-refractivity contribution in [3.63, 3.8) is 0 Å². The molecule has 2 nitrogen and oxygen atoms in total. The Labute approximate surface area is 131 Å². The summed E-state index contributed by atoms with van der Waals surface area (Å²) in [6.45, 7) is 4.12. The van der Waals surface area contributed by atoms with E-state index in [-0.39, 0.29) is 0 Å². The van der Waals surface area contributed by atoms with Crippen molar-refractivity contribution in [2.45, 2.75) is 70.8 Å². The molecule has 0 spiro atoms. The third-order valence-corrected chi connectivity index (χ3v) is 4.11. The van der Waals surface area contributed by atoms with Crippen molar-refractivity contribution >= 4 is 0 Å². The zero-order valence-corrected chi connectivity index (χ0v) is 13.8. The second-order valence-electron chi connectivity index (χ2n) is 6.02. The van der Waals surface area contributed by atoms with Crippen LogP contribution in [-0.2, 0) is 6.42 Å². The molecule has 2 heteroatoms. The molecule has 0 saturated heterocycles. The fraction of sp³-hybridized carbons (Fsp3) is 0.684. The molecular formula is C19H34N2. The van der Waals surface area contributed by atoms with Crippen molar-refractivity contribution in [3.8, 4) is 0 Å². The molecule has 0 fully saturated rings. The van der Waals surface area contributed by atoms with Gasteiger partial charge in [-0.15, -0.1) is 0 Å². The van der Waals surface area contributed by atoms with Crippen LogP contribution in [0.15, 0.2) is 30.3 Å². The quantitative estimate of drug-likeness (QED) is 0.532. The van der Waals surface area contributed by atoms with Crippen LogP contribution in [0.25, 0.3) is 0 Å². The first-order valence-electron chi connectivity index (χ1n) is 8.84. The number of rotatable bonds is 13. The van der Waals surface area contributed by atoms with Crippen molar-refractivity contribution < 1.29 is 0 Å². The summed E-state index contributed by atoms with van der Waals surface area (Å²) in [6.07, 6.45) is 11.7. The van der Waals surface area contributed by atoms with Crippen LogP contribution in [0.4, 0.5) is 0 Å². The van der Waals surface area contributed by atoms with Gasteiger partial charge < -0.3 is 11.1 Å². The first-order valence-corrected chi connectivity index (χ1v) is 8.84. The molecule has 1 unspecified atom stereocenters. The van der Waals surface area contributed by atoms with E-state index in [0.717, 1.165) is 25.9 Å². The highest BCUT2D eigenvalue weighted by Gasteiger charge is 2.06. The van der Waals surface area contributed by atoms with E-state index in [9.17, 15) is 0 Å². The van der Waals surface area contributed by atoms with E-state index in [2.05, 4.69) is 42.6 Å². The van der Waals surface area contributed by atoms with Crippen molar-refractivity contribution in [2.75, 3.05) is 13.1 Å². The van der Waals surface area contributed by atoms with Crippen LogP contribution in [-0.4, -0.2) is 19.1 Å². The molecule has 3 N–H and O–H groups in total. The van der Waals surface area contributed by atoms with Gasteiger partial charge in [0.1, 0.15) is 0 Å². The first kappa shape index (κ1) is 18.2. The Balaban J connectivity index is 2.11. The lowest BCUT2D eigenvalue weighted by atomic mass is 10.0. The van der Waals surface area contributed by atoms with Crippen molar-refractivity contribution in [1.82, 2.24) is 5.32 Å². The number of nitrogens with one attached hydrogen (secondary N) is 1. The minimum Gasteiger partial charge on any atom is -0.330 e. The largest absolute Gasteiger partial charge is 0.330 e. The maximum absolute atomic E-state index is 5.74. The monoisotopic (exact) mass is 290 g/mol. The van der Waals surface area contributed by atoms with Crippen molar-refractivity contribution in [2.24, 2.45) is 5.73 Å². The zero-order valence-electron chi connectivity index (χ0n) is 13.8. The number of hydrogen-bond acceptors (Lipinski definition) is 2. The van der Waals surface area contributed by atoms with E-state index in [1.54, 1.807) is 0 Å². The minimum absolute atomic E-state index is 0.602. The second kappa shape index (κ2) is 12.8. The number of benzene rings is 1. The average Bonchev–Trinajstić information content (AvgIpc) is 2.51. The molecule has 1 rings (SSSR count). The van der Waals surface area contributed by atoms with E-state index in [4.69, 9.17) is 5.73 Å². The molecule has 21 heavy (non-hydrogen) atoms. The molecule has 120 valence electrons. The fourth-order valence-electron chi connectivity index (χ4n) is 2.79. The second-order valence-corrected chi connectivity index (χ2v) is 6.02. The number of nitrogens with two attached hydrogens (primary N) is 1. The van der Waals surface area contributed by atoms with E-state index in [1.165, 1.54) is 50.5 Å². The summed E-state index contributed by atoms with van der Waals surface area (Å²) in [7, 11) is 0. The lowest BCUT2D eigenvalue weighted by Gasteiger charge is -2.18. The molecule has 0 amide bonds. The van der Waals surface area contributed by atoms with Crippen molar-refractivity contribution in [3.05, 3.63) is 35.9 Å². The highest BCUT2D eigenvalue weighted by molar-refractivity contribution is 5.14. The van der Waals surface area contributed by atoms with E-state index in [1.807, 2.05) is 0 Å². The molecule has 0 aliphatic rings.